The van der Waals surface area contributed by atoms with Gasteiger partial charge in [-0.2, -0.15) is 0 Å². The van der Waals surface area contributed by atoms with Crippen molar-refractivity contribution in [3.8, 4) is 0 Å². The molecular weight excluding hydrogens is 247 g/mol. The summed E-state index contributed by atoms with van der Waals surface area (Å²) in [5.74, 6) is -0.937. The average Bonchev–Trinajstić information content (AvgIpc) is 2.01. The number of nitrogens with one attached hydrogen (secondary N) is 2. The van der Waals surface area contributed by atoms with Gasteiger partial charge in [0.05, 0.1) is 0 Å². The van der Waals surface area contributed by atoms with Crippen molar-refractivity contribution in [2.75, 3.05) is 0 Å². The van der Waals surface area contributed by atoms with Crippen molar-refractivity contribution in [3.63, 3.8) is 0 Å². The number of primary amides is 2. The summed E-state index contributed by atoms with van der Waals surface area (Å²) >= 11 is -1.07. The summed E-state index contributed by atoms with van der Waals surface area (Å²) in [5.41, 5.74) is 9.45. The minimum atomic E-state index is -1.42. The summed E-state index contributed by atoms with van der Waals surface area (Å²) in [7, 11) is 5.17. The number of nitrogens with two attached hydrogens (primary N) is 2. The normalized spacial score (nSPS) is 8.40. The lowest BCUT2D eigenvalue weighted by Gasteiger charge is -2.16. The Morgan fingerprint density at radius 1 is 1.20 bits per heavy atom. The SMILES string of the molecule is NC(=O)NC(NC(N)=O)C(=O)[O][Al][Cl].O. The van der Waals surface area contributed by atoms with Gasteiger partial charge in [0.2, 0.25) is 6.17 Å². The van der Waals surface area contributed by atoms with E-state index in [0.29, 0.717) is 0 Å². The lowest BCUT2D eigenvalue weighted by Crippen LogP contribution is -2.56. The third-order valence-electron chi connectivity index (χ3n) is 0.970. The molecule has 15 heavy (non-hydrogen) atoms. The number of amides is 4. The lowest BCUT2D eigenvalue weighted by atomic mass is 10.5. The molecule has 0 aromatic heterocycles. The highest BCUT2D eigenvalue weighted by Crippen LogP contribution is 1.85. The summed E-state index contributed by atoms with van der Waals surface area (Å²) in [4.78, 5) is 31.8. The maximum Gasteiger partial charge on any atom is 0.675 e. The van der Waals surface area contributed by atoms with Crippen LogP contribution in [0, 0.1) is 0 Å². The Balaban J connectivity index is 0. The van der Waals surface area contributed by atoms with E-state index in [1.165, 1.54) is 0 Å². The number of hydrogen-bond acceptors (Lipinski definition) is 4. The van der Waals surface area contributed by atoms with Gasteiger partial charge in [0, 0.05) is 0 Å². The van der Waals surface area contributed by atoms with Crippen LogP contribution in [0.4, 0.5) is 9.59 Å². The van der Waals surface area contributed by atoms with Gasteiger partial charge in [0.1, 0.15) is 0 Å². The minimum absolute atomic E-state index is 0. The highest BCUT2D eigenvalue weighted by Gasteiger charge is 2.21. The number of hydrogen-bond donors (Lipinski definition) is 4. The molecule has 4 amide bonds. The topological polar surface area (TPSA) is 168 Å². The van der Waals surface area contributed by atoms with E-state index in [1.54, 1.807) is 0 Å². The first-order valence-electron chi connectivity index (χ1n) is 3.21. The van der Waals surface area contributed by atoms with Gasteiger partial charge in [-0.05, 0) is 0 Å². The molecule has 0 aliphatic carbocycles. The molecule has 0 heterocycles. The smallest absolute Gasteiger partial charge is 0.607 e. The Morgan fingerprint density at radius 3 is 1.87 bits per heavy atom. The lowest BCUT2D eigenvalue weighted by molar-refractivity contribution is -0.136. The van der Waals surface area contributed by atoms with Gasteiger partial charge in [-0.3, -0.25) is 4.79 Å². The average molecular weight is 256 g/mol. The van der Waals surface area contributed by atoms with Gasteiger partial charge in [0.25, 0.3) is 0 Å². The number of carbonyl (C=O) groups is 3. The molecule has 0 rings (SSSR count). The third-order valence-corrected chi connectivity index (χ3v) is 1.56. The minimum Gasteiger partial charge on any atom is -0.607 e. The maximum atomic E-state index is 11.0. The molecule has 0 aromatic carbocycles. The molecule has 0 aliphatic heterocycles. The zero-order valence-corrected chi connectivity index (χ0v) is 9.23. The van der Waals surface area contributed by atoms with Crippen LogP contribution in [0.2, 0.25) is 0 Å². The van der Waals surface area contributed by atoms with Crippen molar-refractivity contribution in [1.82, 2.24) is 10.6 Å². The van der Waals surface area contributed by atoms with Crippen molar-refractivity contribution in [2.24, 2.45) is 11.5 Å². The molecule has 85 valence electrons. The molecule has 9 nitrogen and oxygen atoms in total. The first-order chi connectivity index (χ1) is 6.47. The van der Waals surface area contributed by atoms with E-state index in [1.807, 2.05) is 10.6 Å². The summed E-state index contributed by atoms with van der Waals surface area (Å²) in [6, 6.07) is -2.02. The van der Waals surface area contributed by atoms with E-state index in [0.717, 1.165) is 0 Å². The zero-order chi connectivity index (χ0) is 11.1. The second-order valence-corrected chi connectivity index (χ2v) is 2.92. The number of urea groups is 2. The fourth-order valence-electron chi connectivity index (χ4n) is 0.550. The second-order valence-electron chi connectivity index (χ2n) is 1.98. The molecule has 0 aliphatic rings. The summed E-state index contributed by atoms with van der Waals surface area (Å²) < 4.78 is 4.38. The van der Waals surface area contributed by atoms with Crippen LogP contribution in [0.15, 0.2) is 0 Å². The molecule has 0 atom stereocenters. The molecule has 8 N–H and O–H groups in total. The first kappa shape index (κ1) is 16.2. The van der Waals surface area contributed by atoms with E-state index in [4.69, 9.17) is 21.5 Å². The first-order valence-corrected chi connectivity index (χ1v) is 5.43. The van der Waals surface area contributed by atoms with Crippen molar-refractivity contribution < 1.29 is 23.6 Å². The molecule has 0 aromatic rings. The molecule has 0 saturated heterocycles. The van der Waals surface area contributed by atoms with E-state index < -0.39 is 38.8 Å². The third kappa shape index (κ3) is 7.83. The molecular formula is C4H9AlClN4O5. The van der Waals surface area contributed by atoms with Crippen LogP contribution < -0.4 is 22.1 Å². The molecule has 0 spiro atoms. The quantitative estimate of drug-likeness (QED) is 0.313. The Morgan fingerprint density at radius 2 is 1.60 bits per heavy atom. The Hall–Kier alpha value is -1.21. The second kappa shape index (κ2) is 8.13. The number of rotatable bonds is 4. The van der Waals surface area contributed by atoms with Gasteiger partial charge in [0.15, 0.2) is 0 Å². The molecule has 11 heteroatoms. The monoisotopic (exact) mass is 255 g/mol. The molecule has 0 saturated carbocycles. The Labute approximate surface area is 95.0 Å². The maximum absolute atomic E-state index is 11.0. The summed E-state index contributed by atoms with van der Waals surface area (Å²) in [6.07, 6.45) is -1.42. The molecule has 1 radical (unpaired) electrons. The van der Waals surface area contributed by atoms with Gasteiger partial charge in [-0.15, -0.1) is 0 Å². The van der Waals surface area contributed by atoms with Gasteiger partial charge in [-0.1, -0.05) is 0 Å². The fourth-order valence-corrected chi connectivity index (χ4v) is 1.04. The predicted octanol–water partition coefficient (Wildman–Crippen LogP) is -2.86. The fraction of sp³-hybridized carbons (Fsp3) is 0.250. The highest BCUT2D eigenvalue weighted by atomic mass is 35.6. The van der Waals surface area contributed by atoms with Gasteiger partial charge in [-0.25, -0.2) is 19.6 Å². The largest absolute Gasteiger partial charge is 0.675 e. The van der Waals surface area contributed by atoms with Crippen molar-refractivity contribution in [3.05, 3.63) is 0 Å². The van der Waals surface area contributed by atoms with Crippen LogP contribution in [0.3, 0.4) is 0 Å². The van der Waals surface area contributed by atoms with Crippen molar-refractivity contribution in [2.45, 2.75) is 6.17 Å². The van der Waals surface area contributed by atoms with E-state index >= 15 is 0 Å². The molecule has 0 fully saturated rings. The number of halogens is 1. The van der Waals surface area contributed by atoms with Crippen molar-refractivity contribution in [1.29, 1.82) is 0 Å². The van der Waals surface area contributed by atoms with Crippen LogP contribution in [-0.2, 0) is 8.58 Å². The van der Waals surface area contributed by atoms with Gasteiger partial charge < -0.3 is 31.4 Å². The number of carbonyl (C=O) groups excluding carboxylic acids is 3. The standard InChI is InChI=1S/C4H8N4O4.Al.ClH.H2O/c5-3(11)7-1(2(9)10)8-4(6)12;;;/h1H,(H,9,10)(H3,5,7,11)(H3,6,8,12);;1H;1H2/q;+2;;/p-2. The van der Waals surface area contributed by atoms with Crippen molar-refractivity contribution >= 4 is 42.7 Å². The van der Waals surface area contributed by atoms with Crippen LogP contribution in [0.5, 0.6) is 0 Å². The highest BCUT2D eigenvalue weighted by molar-refractivity contribution is 6.90. The molecule has 0 unspecified atom stereocenters. The predicted molar refractivity (Wildman–Crippen MR) is 50.5 cm³/mol. The molecule has 0 bridgehead atoms. The summed E-state index contributed by atoms with van der Waals surface area (Å²) in [6.45, 7) is 0. The van der Waals surface area contributed by atoms with E-state index in [9.17, 15) is 14.4 Å². The van der Waals surface area contributed by atoms with E-state index in [-0.39, 0.29) is 5.48 Å². The van der Waals surface area contributed by atoms with Crippen LogP contribution in [0.25, 0.3) is 0 Å². The zero-order valence-electron chi connectivity index (χ0n) is 7.32. The Kier molecular flexibility index (Phi) is 8.80. The van der Waals surface area contributed by atoms with Gasteiger partial charge >= 0.3 is 32.7 Å². The van der Waals surface area contributed by atoms with Crippen LogP contribution in [0.1, 0.15) is 0 Å². The van der Waals surface area contributed by atoms with E-state index in [2.05, 4.69) is 3.79 Å². The Bertz CT molecular complexity index is 235. The summed E-state index contributed by atoms with van der Waals surface area (Å²) in [5, 5.41) is 3.81. The van der Waals surface area contributed by atoms with Crippen LogP contribution in [-0.4, -0.2) is 44.3 Å². The van der Waals surface area contributed by atoms with Crippen LogP contribution >= 0.6 is 10.0 Å².